The fourth-order valence-electron chi connectivity index (χ4n) is 0.895. The number of rotatable bonds is 2. The first-order valence-corrected chi connectivity index (χ1v) is 4.12. The van der Waals surface area contributed by atoms with Crippen molar-refractivity contribution >= 4 is 23.3 Å². The van der Waals surface area contributed by atoms with E-state index in [4.69, 9.17) is 22.6 Å². The molecule has 0 heterocycles. The molecular formula is C9H7ClN2O2. The lowest BCUT2D eigenvalue weighted by molar-refractivity contribution is 0.0556. The Morgan fingerprint density at radius 1 is 1.64 bits per heavy atom. The molecule has 2 N–H and O–H groups in total. The van der Waals surface area contributed by atoms with Gasteiger partial charge in [0, 0.05) is 10.7 Å². The number of halogens is 1. The van der Waals surface area contributed by atoms with E-state index in [-0.39, 0.29) is 17.9 Å². The van der Waals surface area contributed by atoms with Gasteiger partial charge in [0.2, 0.25) is 0 Å². The van der Waals surface area contributed by atoms with Crippen LogP contribution in [0.25, 0.3) is 0 Å². The molecule has 0 aliphatic carbocycles. The van der Waals surface area contributed by atoms with Gasteiger partial charge < -0.3 is 10.5 Å². The summed E-state index contributed by atoms with van der Waals surface area (Å²) in [6.07, 6.45) is 0. The zero-order chi connectivity index (χ0) is 10.6. The Hall–Kier alpha value is -1.73. The molecule has 1 rings (SSSR count). The van der Waals surface area contributed by atoms with E-state index >= 15 is 0 Å². The van der Waals surface area contributed by atoms with E-state index in [1.807, 2.05) is 0 Å². The van der Waals surface area contributed by atoms with Crippen LogP contribution in [0.5, 0.6) is 0 Å². The number of hydrogen-bond acceptors (Lipinski definition) is 4. The number of anilines is 1. The summed E-state index contributed by atoms with van der Waals surface area (Å²) in [5, 5.41) is 8.64. The van der Waals surface area contributed by atoms with Crippen LogP contribution in [0.1, 0.15) is 10.4 Å². The smallest absolute Gasteiger partial charge is 0.341 e. The molecule has 0 spiro atoms. The summed E-state index contributed by atoms with van der Waals surface area (Å²) in [7, 11) is 0. The van der Waals surface area contributed by atoms with E-state index in [0.29, 0.717) is 5.02 Å². The standard InChI is InChI=1S/C9H7ClN2O2/c10-6-1-2-7(8(12)5-6)9(13)14-4-3-11/h1-2,5H,4,12H2. The van der Waals surface area contributed by atoms with Gasteiger partial charge in [-0.1, -0.05) is 11.6 Å². The van der Waals surface area contributed by atoms with E-state index in [1.165, 1.54) is 18.2 Å². The van der Waals surface area contributed by atoms with E-state index in [0.717, 1.165) is 0 Å². The number of nitrogens with two attached hydrogens (primary N) is 1. The monoisotopic (exact) mass is 210 g/mol. The van der Waals surface area contributed by atoms with Crippen LogP contribution in [-0.2, 0) is 4.74 Å². The molecule has 72 valence electrons. The van der Waals surface area contributed by atoms with E-state index in [9.17, 15) is 4.79 Å². The van der Waals surface area contributed by atoms with Crippen molar-refractivity contribution < 1.29 is 9.53 Å². The number of esters is 1. The molecule has 0 radical (unpaired) electrons. The maximum absolute atomic E-state index is 11.2. The molecule has 0 saturated carbocycles. The predicted molar refractivity (Wildman–Crippen MR) is 51.8 cm³/mol. The van der Waals surface area contributed by atoms with Crippen LogP contribution < -0.4 is 5.73 Å². The van der Waals surface area contributed by atoms with Crippen LogP contribution in [0.4, 0.5) is 5.69 Å². The van der Waals surface area contributed by atoms with Crippen molar-refractivity contribution in [1.82, 2.24) is 0 Å². The SMILES string of the molecule is N#CCOC(=O)c1ccc(Cl)cc1N. The lowest BCUT2D eigenvalue weighted by Crippen LogP contribution is -2.08. The van der Waals surface area contributed by atoms with Gasteiger partial charge in [0.25, 0.3) is 0 Å². The third-order valence-electron chi connectivity index (χ3n) is 1.50. The zero-order valence-electron chi connectivity index (χ0n) is 7.16. The summed E-state index contributed by atoms with van der Waals surface area (Å²) in [6, 6.07) is 6.12. The third kappa shape index (κ3) is 2.38. The minimum atomic E-state index is -0.624. The summed E-state index contributed by atoms with van der Waals surface area (Å²) >= 11 is 5.64. The number of benzene rings is 1. The highest BCUT2D eigenvalue weighted by molar-refractivity contribution is 6.31. The lowest BCUT2D eigenvalue weighted by Gasteiger charge is -2.03. The molecule has 1 aromatic carbocycles. The maximum atomic E-state index is 11.2. The number of carbonyl (C=O) groups excluding carboxylic acids is 1. The van der Waals surface area contributed by atoms with Gasteiger partial charge in [0.15, 0.2) is 6.61 Å². The Morgan fingerprint density at radius 2 is 2.36 bits per heavy atom. The van der Waals surface area contributed by atoms with Gasteiger partial charge in [0.05, 0.1) is 5.56 Å². The first-order chi connectivity index (χ1) is 6.65. The molecular weight excluding hydrogens is 204 g/mol. The Kier molecular flexibility index (Phi) is 3.32. The first-order valence-electron chi connectivity index (χ1n) is 3.74. The highest BCUT2D eigenvalue weighted by Gasteiger charge is 2.10. The van der Waals surface area contributed by atoms with Gasteiger partial charge in [-0.3, -0.25) is 0 Å². The molecule has 0 fully saturated rings. The average molecular weight is 211 g/mol. The maximum Gasteiger partial charge on any atom is 0.341 e. The van der Waals surface area contributed by atoms with Crippen molar-refractivity contribution in [3.8, 4) is 6.07 Å². The molecule has 5 heteroatoms. The molecule has 0 amide bonds. The van der Waals surface area contributed by atoms with Crippen LogP contribution in [0.2, 0.25) is 5.02 Å². The highest BCUT2D eigenvalue weighted by Crippen LogP contribution is 2.18. The Bertz CT molecular complexity index is 398. The van der Waals surface area contributed by atoms with Crippen molar-refractivity contribution in [2.45, 2.75) is 0 Å². The lowest BCUT2D eigenvalue weighted by atomic mass is 10.2. The van der Waals surface area contributed by atoms with Crippen molar-refractivity contribution in [3.05, 3.63) is 28.8 Å². The normalized spacial score (nSPS) is 9.14. The Labute approximate surface area is 85.8 Å². The molecule has 14 heavy (non-hydrogen) atoms. The van der Waals surface area contributed by atoms with Crippen molar-refractivity contribution in [2.75, 3.05) is 12.3 Å². The molecule has 0 saturated heterocycles. The number of nitrogens with zero attached hydrogens (tertiary/aromatic N) is 1. The molecule has 0 aromatic heterocycles. The molecule has 1 aromatic rings. The van der Waals surface area contributed by atoms with E-state index in [2.05, 4.69) is 4.74 Å². The average Bonchev–Trinajstić information content (AvgIpc) is 2.14. The number of hydrogen-bond donors (Lipinski definition) is 1. The molecule has 0 bridgehead atoms. The van der Waals surface area contributed by atoms with Crippen molar-refractivity contribution in [3.63, 3.8) is 0 Å². The van der Waals surface area contributed by atoms with E-state index in [1.54, 1.807) is 6.07 Å². The van der Waals surface area contributed by atoms with Gasteiger partial charge in [-0.15, -0.1) is 0 Å². The molecule has 0 aliphatic rings. The molecule has 4 nitrogen and oxygen atoms in total. The van der Waals surface area contributed by atoms with Gasteiger partial charge in [-0.05, 0) is 18.2 Å². The second-order valence-corrected chi connectivity index (χ2v) is 2.90. The molecule has 0 atom stereocenters. The van der Waals surface area contributed by atoms with Crippen LogP contribution in [-0.4, -0.2) is 12.6 Å². The second kappa shape index (κ2) is 4.49. The Morgan fingerprint density at radius 3 is 2.93 bits per heavy atom. The summed E-state index contributed by atoms with van der Waals surface area (Å²) in [6.45, 7) is -0.291. The molecule has 0 unspecified atom stereocenters. The van der Waals surface area contributed by atoms with Gasteiger partial charge in [0.1, 0.15) is 6.07 Å². The number of ether oxygens (including phenoxy) is 1. The van der Waals surface area contributed by atoms with Gasteiger partial charge in [-0.25, -0.2) is 4.79 Å². The molecule has 0 aliphatic heterocycles. The van der Waals surface area contributed by atoms with Crippen LogP contribution in [0.3, 0.4) is 0 Å². The topological polar surface area (TPSA) is 76.1 Å². The largest absolute Gasteiger partial charge is 0.447 e. The second-order valence-electron chi connectivity index (χ2n) is 2.47. The number of nitriles is 1. The van der Waals surface area contributed by atoms with Crippen LogP contribution in [0, 0.1) is 11.3 Å². The zero-order valence-corrected chi connectivity index (χ0v) is 7.91. The number of nitrogen functional groups attached to an aromatic ring is 1. The van der Waals surface area contributed by atoms with Gasteiger partial charge in [-0.2, -0.15) is 5.26 Å². The van der Waals surface area contributed by atoms with Crippen LogP contribution >= 0.6 is 11.6 Å². The summed E-state index contributed by atoms with van der Waals surface area (Å²) < 4.78 is 4.57. The van der Waals surface area contributed by atoms with Crippen molar-refractivity contribution in [2.24, 2.45) is 0 Å². The van der Waals surface area contributed by atoms with Crippen molar-refractivity contribution in [1.29, 1.82) is 5.26 Å². The highest BCUT2D eigenvalue weighted by atomic mass is 35.5. The summed E-state index contributed by atoms with van der Waals surface area (Å²) in [5.74, 6) is -0.624. The minimum Gasteiger partial charge on any atom is -0.447 e. The summed E-state index contributed by atoms with van der Waals surface area (Å²) in [4.78, 5) is 11.2. The first kappa shape index (κ1) is 10.4. The minimum absolute atomic E-state index is 0.213. The van der Waals surface area contributed by atoms with E-state index < -0.39 is 5.97 Å². The fraction of sp³-hybridized carbons (Fsp3) is 0.111. The third-order valence-corrected chi connectivity index (χ3v) is 1.74. The Balaban J connectivity index is 2.86. The van der Waals surface area contributed by atoms with Crippen LogP contribution in [0.15, 0.2) is 18.2 Å². The predicted octanol–water partition coefficient (Wildman–Crippen LogP) is 1.60. The van der Waals surface area contributed by atoms with Gasteiger partial charge >= 0.3 is 5.97 Å². The fourth-order valence-corrected chi connectivity index (χ4v) is 1.08. The quantitative estimate of drug-likeness (QED) is 0.594. The number of carbonyl (C=O) groups is 1. The summed E-state index contributed by atoms with van der Waals surface area (Å²) in [5.41, 5.74) is 5.98.